The number of halogens is 1. The van der Waals surface area contributed by atoms with Gasteiger partial charge in [-0.05, 0) is 19.1 Å². The van der Waals surface area contributed by atoms with E-state index in [2.05, 4.69) is 28.9 Å². The molecule has 1 atom stereocenters. The Morgan fingerprint density at radius 3 is 2.38 bits per heavy atom. The number of thiophene rings is 1. The highest BCUT2D eigenvalue weighted by molar-refractivity contribution is 14.0. The van der Waals surface area contributed by atoms with Gasteiger partial charge in [-0.2, -0.15) is 0 Å². The van der Waals surface area contributed by atoms with Crippen LogP contribution in [0.3, 0.4) is 0 Å². The Bertz CT molecular complexity index is 528. The van der Waals surface area contributed by atoms with E-state index >= 15 is 0 Å². The van der Waals surface area contributed by atoms with Crippen LogP contribution in [-0.4, -0.2) is 74.9 Å². The zero-order valence-electron chi connectivity index (χ0n) is 14.1. The van der Waals surface area contributed by atoms with Crippen molar-refractivity contribution in [1.29, 1.82) is 0 Å². The number of guanidine groups is 1. The lowest BCUT2D eigenvalue weighted by atomic mass is 10.2. The van der Waals surface area contributed by atoms with E-state index < -0.39 is 0 Å². The fourth-order valence-electron chi connectivity index (χ4n) is 2.98. The van der Waals surface area contributed by atoms with E-state index in [4.69, 9.17) is 20.2 Å². The molecule has 1 aromatic heterocycles. The molecule has 8 heteroatoms. The highest BCUT2D eigenvalue weighted by atomic mass is 127. The van der Waals surface area contributed by atoms with Crippen LogP contribution in [0, 0.1) is 6.92 Å². The summed E-state index contributed by atoms with van der Waals surface area (Å²) in [6, 6.07) is 4.69. The molecule has 2 aliphatic rings. The van der Waals surface area contributed by atoms with Gasteiger partial charge in [-0.25, -0.2) is 0 Å². The van der Waals surface area contributed by atoms with Gasteiger partial charge in [-0.3, -0.25) is 9.89 Å². The molecule has 0 bridgehead atoms. The number of nitrogens with zero attached hydrogens (tertiary/aromatic N) is 3. The van der Waals surface area contributed by atoms with Crippen LogP contribution in [0.5, 0.6) is 0 Å². The molecule has 136 valence electrons. The van der Waals surface area contributed by atoms with E-state index in [9.17, 15) is 0 Å². The van der Waals surface area contributed by atoms with Gasteiger partial charge in [-0.15, -0.1) is 35.3 Å². The number of morpholine rings is 2. The molecule has 0 spiro atoms. The Labute approximate surface area is 165 Å². The second-order valence-electron chi connectivity index (χ2n) is 5.91. The van der Waals surface area contributed by atoms with E-state index in [1.54, 1.807) is 0 Å². The molecule has 2 saturated heterocycles. The maximum atomic E-state index is 6.19. The number of aliphatic imine (C=N–C) groups is 1. The first-order chi connectivity index (χ1) is 11.2. The maximum Gasteiger partial charge on any atom is 0.191 e. The van der Waals surface area contributed by atoms with E-state index in [-0.39, 0.29) is 30.0 Å². The summed E-state index contributed by atoms with van der Waals surface area (Å²) >= 11 is 1.85. The third-order valence-corrected chi connectivity index (χ3v) is 5.44. The van der Waals surface area contributed by atoms with Crippen LogP contribution in [0.2, 0.25) is 0 Å². The molecule has 0 aromatic carbocycles. The average Bonchev–Trinajstić information content (AvgIpc) is 3.03. The number of hydrogen-bond donors (Lipinski definition) is 1. The first-order valence-electron chi connectivity index (χ1n) is 8.25. The number of hydrogen-bond acceptors (Lipinski definition) is 5. The van der Waals surface area contributed by atoms with Gasteiger partial charge >= 0.3 is 0 Å². The number of nitrogens with two attached hydrogens (primary N) is 1. The second kappa shape index (κ2) is 9.91. The minimum atomic E-state index is 0. The topological polar surface area (TPSA) is 63.3 Å². The van der Waals surface area contributed by atoms with Crippen molar-refractivity contribution in [3.8, 4) is 0 Å². The summed E-state index contributed by atoms with van der Waals surface area (Å²) in [5.41, 5.74) is 6.19. The van der Waals surface area contributed by atoms with Gasteiger partial charge in [0.1, 0.15) is 0 Å². The number of rotatable bonds is 4. The van der Waals surface area contributed by atoms with Crippen molar-refractivity contribution in [2.24, 2.45) is 10.7 Å². The van der Waals surface area contributed by atoms with Crippen LogP contribution in [0.4, 0.5) is 0 Å². The molecule has 3 rings (SSSR count). The minimum Gasteiger partial charge on any atom is -0.379 e. The summed E-state index contributed by atoms with van der Waals surface area (Å²) < 4.78 is 10.9. The molecule has 1 aromatic rings. The molecule has 0 amide bonds. The lowest BCUT2D eigenvalue weighted by Gasteiger charge is -2.33. The Kier molecular flexibility index (Phi) is 8.21. The SMILES string of the molecule is Cc1ccc(C(CN=C(N)N2CCOCC2)N2CCOCC2)s1.I. The molecule has 2 aliphatic heterocycles. The Hall–Kier alpha value is -0.420. The summed E-state index contributed by atoms with van der Waals surface area (Å²) in [6.45, 7) is 9.46. The number of ether oxygens (including phenoxy) is 2. The average molecular weight is 466 g/mol. The lowest BCUT2D eigenvalue weighted by molar-refractivity contribution is 0.0185. The molecular weight excluding hydrogens is 439 g/mol. The standard InChI is InChI=1S/C16H26N4O2S.HI/c1-13-2-3-15(23-13)14(19-4-8-21-9-5-19)12-18-16(17)20-6-10-22-11-7-20;/h2-3,14H,4-12H2,1H3,(H2,17,18);1H. The first kappa shape index (κ1) is 19.9. The zero-order valence-corrected chi connectivity index (χ0v) is 17.3. The van der Waals surface area contributed by atoms with Crippen molar-refractivity contribution in [2.75, 3.05) is 59.2 Å². The van der Waals surface area contributed by atoms with Crippen LogP contribution in [-0.2, 0) is 9.47 Å². The van der Waals surface area contributed by atoms with Crippen molar-refractivity contribution in [2.45, 2.75) is 13.0 Å². The molecule has 2 N–H and O–H groups in total. The van der Waals surface area contributed by atoms with Crippen LogP contribution in [0.1, 0.15) is 15.8 Å². The van der Waals surface area contributed by atoms with E-state index in [1.807, 2.05) is 11.3 Å². The summed E-state index contributed by atoms with van der Waals surface area (Å²) in [5, 5.41) is 0. The fourth-order valence-corrected chi connectivity index (χ4v) is 3.98. The predicted octanol–water partition coefficient (Wildman–Crippen LogP) is 1.69. The predicted molar refractivity (Wildman–Crippen MR) is 108 cm³/mol. The maximum absolute atomic E-state index is 6.19. The molecule has 0 saturated carbocycles. The largest absolute Gasteiger partial charge is 0.379 e. The van der Waals surface area contributed by atoms with E-state index in [0.29, 0.717) is 12.5 Å². The molecule has 3 heterocycles. The van der Waals surface area contributed by atoms with Gasteiger partial charge in [-0.1, -0.05) is 0 Å². The van der Waals surface area contributed by atoms with Crippen LogP contribution in [0.15, 0.2) is 17.1 Å². The molecule has 24 heavy (non-hydrogen) atoms. The van der Waals surface area contributed by atoms with Gasteiger partial charge < -0.3 is 20.1 Å². The lowest BCUT2D eigenvalue weighted by Crippen LogP contribution is -2.45. The summed E-state index contributed by atoms with van der Waals surface area (Å²) in [6.07, 6.45) is 0. The highest BCUT2D eigenvalue weighted by Gasteiger charge is 2.24. The van der Waals surface area contributed by atoms with Crippen molar-refractivity contribution >= 4 is 41.3 Å². The molecule has 0 aliphatic carbocycles. The summed E-state index contributed by atoms with van der Waals surface area (Å²) in [5.74, 6) is 0.639. The van der Waals surface area contributed by atoms with Gasteiger partial charge in [0.25, 0.3) is 0 Å². The van der Waals surface area contributed by atoms with Crippen LogP contribution < -0.4 is 5.73 Å². The Balaban J connectivity index is 0.00000208. The van der Waals surface area contributed by atoms with Crippen molar-refractivity contribution in [3.05, 3.63) is 21.9 Å². The molecule has 0 radical (unpaired) electrons. The van der Waals surface area contributed by atoms with Gasteiger partial charge in [0.2, 0.25) is 0 Å². The van der Waals surface area contributed by atoms with Crippen molar-refractivity contribution in [3.63, 3.8) is 0 Å². The van der Waals surface area contributed by atoms with E-state index in [1.165, 1.54) is 9.75 Å². The van der Waals surface area contributed by atoms with Gasteiger partial charge in [0, 0.05) is 35.9 Å². The number of aryl methyl sites for hydroxylation is 1. The van der Waals surface area contributed by atoms with Crippen LogP contribution in [0.25, 0.3) is 0 Å². The normalized spacial score (nSPS) is 21.4. The van der Waals surface area contributed by atoms with E-state index in [0.717, 1.165) is 52.6 Å². The molecule has 1 unspecified atom stereocenters. The Morgan fingerprint density at radius 1 is 1.17 bits per heavy atom. The summed E-state index contributed by atoms with van der Waals surface area (Å²) in [7, 11) is 0. The molecule has 6 nitrogen and oxygen atoms in total. The fraction of sp³-hybridized carbons (Fsp3) is 0.688. The van der Waals surface area contributed by atoms with Crippen molar-refractivity contribution in [1.82, 2.24) is 9.80 Å². The third kappa shape index (κ3) is 5.29. The smallest absolute Gasteiger partial charge is 0.191 e. The van der Waals surface area contributed by atoms with Gasteiger partial charge in [0.05, 0.1) is 39.0 Å². The Morgan fingerprint density at radius 2 is 1.79 bits per heavy atom. The first-order valence-corrected chi connectivity index (χ1v) is 9.06. The van der Waals surface area contributed by atoms with Crippen LogP contribution >= 0.6 is 35.3 Å². The molecule has 2 fully saturated rings. The van der Waals surface area contributed by atoms with Gasteiger partial charge in [0.15, 0.2) is 5.96 Å². The third-order valence-electron chi connectivity index (χ3n) is 4.34. The minimum absolute atomic E-state index is 0. The quantitative estimate of drug-likeness (QED) is 0.416. The summed E-state index contributed by atoms with van der Waals surface area (Å²) in [4.78, 5) is 12.0. The van der Waals surface area contributed by atoms with Crippen molar-refractivity contribution < 1.29 is 9.47 Å². The second-order valence-corrected chi connectivity index (χ2v) is 7.23. The monoisotopic (exact) mass is 466 g/mol. The zero-order chi connectivity index (χ0) is 16.1. The molecular formula is C16H27IN4O2S. The highest BCUT2D eigenvalue weighted by Crippen LogP contribution is 2.28.